The first kappa shape index (κ1) is 20.7. The first-order valence-corrected chi connectivity index (χ1v) is 9.09. The molecule has 2 amide bonds. The van der Waals surface area contributed by atoms with Crippen LogP contribution in [-0.4, -0.2) is 60.9 Å². The number of anilines is 1. The molecule has 2 atom stereocenters. The summed E-state index contributed by atoms with van der Waals surface area (Å²) in [6, 6.07) is -0.944. The molecule has 0 aromatic carbocycles. The van der Waals surface area contributed by atoms with Gasteiger partial charge in [-0.25, -0.2) is 9.78 Å². The minimum absolute atomic E-state index is 0. The molecule has 13 heteroatoms. The molecule has 27 heavy (non-hydrogen) atoms. The first-order chi connectivity index (χ1) is 12.4. The van der Waals surface area contributed by atoms with Crippen molar-refractivity contribution in [2.45, 2.75) is 11.4 Å². The van der Waals surface area contributed by atoms with Gasteiger partial charge in [-0.05, 0) is 5.57 Å². The van der Waals surface area contributed by atoms with E-state index in [2.05, 4.69) is 22.0 Å². The number of carbonyl (C=O) groups is 3. The predicted octanol–water partition coefficient (Wildman–Crippen LogP) is 0.250. The molecular formula is C14H14ClN5O5S2. The van der Waals surface area contributed by atoms with Crippen LogP contribution in [0.2, 0.25) is 0 Å². The Morgan fingerprint density at radius 2 is 2.22 bits per heavy atom. The van der Waals surface area contributed by atoms with Crippen LogP contribution in [0.15, 0.2) is 34.5 Å². The third-order valence-electron chi connectivity index (χ3n) is 3.81. The molecule has 1 saturated heterocycles. The number of halogens is 1. The van der Waals surface area contributed by atoms with Crippen LogP contribution in [0.3, 0.4) is 0 Å². The lowest BCUT2D eigenvalue weighted by Crippen LogP contribution is -2.71. The number of carbonyl (C=O) groups excluding carboxylic acids is 2. The molecule has 5 N–H and O–H groups in total. The summed E-state index contributed by atoms with van der Waals surface area (Å²) < 4.78 is 0. The third kappa shape index (κ3) is 3.50. The lowest BCUT2D eigenvalue weighted by molar-refractivity contribution is -0.150. The van der Waals surface area contributed by atoms with Crippen molar-refractivity contribution in [2.75, 3.05) is 11.5 Å². The number of β-lactam (4-membered cyclic amide) rings is 1. The number of nitrogens with zero attached hydrogens (tertiary/aromatic N) is 3. The average molecular weight is 432 g/mol. The third-order valence-corrected chi connectivity index (χ3v) is 5.79. The maximum atomic E-state index is 12.4. The van der Waals surface area contributed by atoms with Gasteiger partial charge in [0.15, 0.2) is 10.8 Å². The number of nitrogens with two attached hydrogens (primary N) is 1. The van der Waals surface area contributed by atoms with E-state index in [0.29, 0.717) is 11.3 Å². The molecule has 1 aromatic rings. The van der Waals surface area contributed by atoms with E-state index < -0.39 is 29.2 Å². The molecule has 0 unspecified atom stereocenters. The van der Waals surface area contributed by atoms with Gasteiger partial charge in [-0.15, -0.1) is 35.5 Å². The van der Waals surface area contributed by atoms with E-state index in [-0.39, 0.29) is 34.6 Å². The number of thiazole rings is 1. The van der Waals surface area contributed by atoms with Crippen LogP contribution in [0, 0.1) is 0 Å². The van der Waals surface area contributed by atoms with Gasteiger partial charge < -0.3 is 21.4 Å². The van der Waals surface area contributed by atoms with Crippen molar-refractivity contribution in [2.24, 2.45) is 5.16 Å². The number of thioether (sulfide) groups is 1. The largest absolute Gasteiger partial charge is 0.477 e. The fourth-order valence-electron chi connectivity index (χ4n) is 2.62. The molecule has 144 valence electrons. The average Bonchev–Trinajstić information content (AvgIpc) is 3.04. The van der Waals surface area contributed by atoms with Crippen LogP contribution in [0.25, 0.3) is 0 Å². The van der Waals surface area contributed by atoms with Crippen LogP contribution in [0.5, 0.6) is 0 Å². The summed E-state index contributed by atoms with van der Waals surface area (Å²) in [5.74, 6) is -2.27. The molecular weight excluding hydrogens is 418 g/mol. The summed E-state index contributed by atoms with van der Waals surface area (Å²) in [7, 11) is 0. The summed E-state index contributed by atoms with van der Waals surface area (Å²) in [6.45, 7) is 3.56. The van der Waals surface area contributed by atoms with E-state index in [9.17, 15) is 19.5 Å². The van der Waals surface area contributed by atoms with Crippen molar-refractivity contribution in [3.8, 4) is 0 Å². The number of nitrogens with one attached hydrogen (secondary N) is 1. The first-order valence-electron chi connectivity index (χ1n) is 7.16. The van der Waals surface area contributed by atoms with E-state index in [1.165, 1.54) is 23.2 Å². The molecule has 0 radical (unpaired) electrons. The minimum Gasteiger partial charge on any atom is -0.477 e. The second-order valence-electron chi connectivity index (χ2n) is 5.26. The standard InChI is InChI=1S/C14H13N5O5S2.ClH/c1-2-5-3-25-12-8(11(21)19(12)9(5)13(22)23)17-10(20)7(18-24)6-4-26-14(15)16-6;/h2,4,8,12,24H,1,3H2,(H2,15,16)(H,17,20)(H,22,23);1H/b18-7+;/t8-,12-;/m1./s1. The van der Waals surface area contributed by atoms with E-state index in [1.807, 2.05) is 0 Å². The summed E-state index contributed by atoms with van der Waals surface area (Å²) in [6.07, 6.45) is 1.40. The molecule has 3 rings (SSSR count). The summed E-state index contributed by atoms with van der Waals surface area (Å²) >= 11 is 2.37. The van der Waals surface area contributed by atoms with Gasteiger partial charge in [-0.1, -0.05) is 17.8 Å². The molecule has 2 aliphatic heterocycles. The summed E-state index contributed by atoms with van der Waals surface area (Å²) in [4.78, 5) is 41.2. The second-order valence-corrected chi connectivity index (χ2v) is 7.26. The Hall–Kier alpha value is -2.57. The van der Waals surface area contributed by atoms with Gasteiger partial charge in [-0.3, -0.25) is 14.5 Å². The molecule has 0 bridgehead atoms. The van der Waals surface area contributed by atoms with Gasteiger partial charge in [0.25, 0.3) is 11.8 Å². The van der Waals surface area contributed by atoms with Gasteiger partial charge >= 0.3 is 5.97 Å². The zero-order valence-corrected chi connectivity index (χ0v) is 15.9. The molecule has 1 aromatic heterocycles. The number of rotatable bonds is 5. The van der Waals surface area contributed by atoms with Crippen LogP contribution >= 0.6 is 35.5 Å². The molecule has 3 heterocycles. The fraction of sp³-hybridized carbons (Fsp3) is 0.214. The Morgan fingerprint density at radius 1 is 1.52 bits per heavy atom. The Morgan fingerprint density at radius 3 is 2.74 bits per heavy atom. The molecule has 0 saturated carbocycles. The molecule has 0 spiro atoms. The van der Waals surface area contributed by atoms with Gasteiger partial charge in [0, 0.05) is 11.1 Å². The SMILES string of the molecule is C=CC1=C(C(=O)O)N2C(=O)[C@@H](NC(=O)/C(=N/O)c3csc(N)n3)[C@H]2SC1.Cl. The highest BCUT2D eigenvalue weighted by atomic mass is 35.5. The maximum Gasteiger partial charge on any atom is 0.352 e. The molecule has 2 aliphatic rings. The van der Waals surface area contributed by atoms with Gasteiger partial charge in [0.05, 0.1) is 0 Å². The minimum atomic E-state index is -1.24. The summed E-state index contributed by atoms with van der Waals surface area (Å²) in [5, 5.41) is 24.9. The van der Waals surface area contributed by atoms with Crippen molar-refractivity contribution in [1.29, 1.82) is 0 Å². The van der Waals surface area contributed by atoms with Crippen LogP contribution in [-0.2, 0) is 14.4 Å². The number of aliphatic carboxylic acids is 1. The Labute approximate surface area is 167 Å². The molecule has 0 aliphatic carbocycles. The fourth-order valence-corrected chi connectivity index (χ4v) is 4.51. The summed E-state index contributed by atoms with van der Waals surface area (Å²) in [5.41, 5.74) is 5.49. The Balaban J connectivity index is 0.00000261. The number of carboxylic acids is 1. The van der Waals surface area contributed by atoms with E-state index in [1.54, 1.807) is 0 Å². The van der Waals surface area contributed by atoms with Crippen molar-refractivity contribution < 1.29 is 24.7 Å². The number of fused-ring (bicyclic) bond motifs is 1. The van der Waals surface area contributed by atoms with Crippen LogP contribution in [0.4, 0.5) is 5.13 Å². The second kappa shape index (κ2) is 7.98. The van der Waals surface area contributed by atoms with Crippen LogP contribution in [0.1, 0.15) is 5.69 Å². The smallest absolute Gasteiger partial charge is 0.352 e. The number of aromatic nitrogens is 1. The molecule has 1 fully saturated rings. The van der Waals surface area contributed by atoms with E-state index in [0.717, 1.165) is 16.2 Å². The number of hydrogen-bond donors (Lipinski definition) is 4. The quantitative estimate of drug-likeness (QED) is 0.223. The number of amides is 2. The zero-order chi connectivity index (χ0) is 19.0. The lowest BCUT2D eigenvalue weighted by Gasteiger charge is -2.49. The monoisotopic (exact) mass is 431 g/mol. The van der Waals surface area contributed by atoms with Crippen molar-refractivity contribution in [1.82, 2.24) is 15.2 Å². The Bertz CT molecular complexity index is 883. The highest BCUT2D eigenvalue weighted by Gasteiger charge is 2.54. The number of oxime groups is 1. The van der Waals surface area contributed by atoms with Gasteiger partial charge in [0.1, 0.15) is 22.8 Å². The van der Waals surface area contributed by atoms with E-state index >= 15 is 0 Å². The van der Waals surface area contributed by atoms with Crippen molar-refractivity contribution >= 4 is 64.1 Å². The van der Waals surface area contributed by atoms with Gasteiger partial charge in [-0.2, -0.15) is 0 Å². The number of nitrogen functional groups attached to an aromatic ring is 1. The van der Waals surface area contributed by atoms with Gasteiger partial charge in [0.2, 0.25) is 0 Å². The normalized spacial score (nSPS) is 21.7. The number of allylic oxidation sites excluding steroid dienone is 1. The number of carboxylic acid groups (broad SMARTS) is 1. The zero-order valence-electron chi connectivity index (χ0n) is 13.5. The predicted molar refractivity (Wildman–Crippen MR) is 102 cm³/mol. The topological polar surface area (TPSA) is 158 Å². The van der Waals surface area contributed by atoms with Crippen molar-refractivity contribution in [3.63, 3.8) is 0 Å². The number of hydrogen-bond acceptors (Lipinski definition) is 9. The van der Waals surface area contributed by atoms with E-state index in [4.69, 9.17) is 10.9 Å². The van der Waals surface area contributed by atoms with Crippen molar-refractivity contribution in [3.05, 3.63) is 35.0 Å². The van der Waals surface area contributed by atoms with Crippen LogP contribution < -0.4 is 11.1 Å². The highest BCUT2D eigenvalue weighted by molar-refractivity contribution is 8.00. The molecule has 10 nitrogen and oxygen atoms in total. The lowest BCUT2D eigenvalue weighted by atomic mass is 10.0. The maximum absolute atomic E-state index is 12.4. The Kier molecular flexibility index (Phi) is 6.13. The highest BCUT2D eigenvalue weighted by Crippen LogP contribution is 2.40.